The second kappa shape index (κ2) is 4.18. The zero-order valence-electron chi connectivity index (χ0n) is 5.62. The van der Waals surface area contributed by atoms with Crippen LogP contribution in [0.4, 0.5) is 0 Å². The zero-order chi connectivity index (χ0) is 8.27. The third-order valence-corrected chi connectivity index (χ3v) is 3.01. The fourth-order valence-corrected chi connectivity index (χ4v) is 2.17. The van der Waals surface area contributed by atoms with Crippen molar-refractivity contribution in [3.05, 3.63) is 20.8 Å². The molecule has 0 amide bonds. The van der Waals surface area contributed by atoms with Gasteiger partial charge in [0.15, 0.2) is 0 Å². The lowest BCUT2D eigenvalue weighted by molar-refractivity contribution is 0.0921. The second-order valence-corrected chi connectivity index (χ2v) is 4.50. The molecule has 0 bridgehead atoms. The van der Waals surface area contributed by atoms with Gasteiger partial charge in [-0.05, 0) is 28.1 Å². The molecule has 1 rings (SSSR count). The van der Waals surface area contributed by atoms with Gasteiger partial charge in [0.2, 0.25) is 0 Å². The van der Waals surface area contributed by atoms with Crippen LogP contribution >= 0.6 is 27.3 Å². The number of rotatable bonds is 3. The Balaban J connectivity index is 2.73. The molecular formula is C6H8BrNO2S. The van der Waals surface area contributed by atoms with Crippen LogP contribution < -0.4 is 5.48 Å². The van der Waals surface area contributed by atoms with E-state index in [-0.39, 0.29) is 12.6 Å². The average molecular weight is 238 g/mol. The molecule has 0 spiro atoms. The molecule has 0 fully saturated rings. The highest BCUT2D eigenvalue weighted by molar-refractivity contribution is 9.11. The summed E-state index contributed by atoms with van der Waals surface area (Å²) in [6, 6.07) is 3.35. The minimum absolute atomic E-state index is 0.108. The summed E-state index contributed by atoms with van der Waals surface area (Å²) in [4.78, 5) is 0.905. The lowest BCUT2D eigenvalue weighted by Crippen LogP contribution is -2.19. The van der Waals surface area contributed by atoms with Crippen molar-refractivity contribution >= 4 is 27.3 Å². The van der Waals surface area contributed by atoms with Crippen molar-refractivity contribution in [3.8, 4) is 0 Å². The van der Waals surface area contributed by atoms with Crippen LogP contribution in [0.3, 0.4) is 0 Å². The summed E-state index contributed by atoms with van der Waals surface area (Å²) < 4.78 is 0.987. The number of thiophene rings is 1. The molecule has 3 nitrogen and oxygen atoms in total. The molecule has 0 aliphatic carbocycles. The minimum Gasteiger partial charge on any atom is -0.394 e. The molecule has 0 aliphatic rings. The highest BCUT2D eigenvalue weighted by atomic mass is 79.9. The molecule has 0 radical (unpaired) electrons. The number of hydrogen-bond acceptors (Lipinski definition) is 4. The number of aliphatic hydroxyl groups is 1. The van der Waals surface area contributed by atoms with E-state index in [0.29, 0.717) is 0 Å². The number of aliphatic hydroxyl groups excluding tert-OH is 1. The van der Waals surface area contributed by atoms with Gasteiger partial charge in [0.1, 0.15) is 0 Å². The lowest BCUT2D eigenvalue weighted by Gasteiger charge is -2.07. The highest BCUT2D eigenvalue weighted by Gasteiger charge is 2.10. The SMILES string of the molecule is OC[C@H](NO)c1ccc(Br)s1. The molecule has 0 saturated heterocycles. The lowest BCUT2D eigenvalue weighted by atomic mass is 10.3. The van der Waals surface area contributed by atoms with Crippen LogP contribution in [-0.2, 0) is 0 Å². The van der Waals surface area contributed by atoms with Crippen LogP contribution in [0.1, 0.15) is 10.9 Å². The van der Waals surface area contributed by atoms with Crippen molar-refractivity contribution in [3.63, 3.8) is 0 Å². The number of hydrogen-bond donors (Lipinski definition) is 3. The van der Waals surface area contributed by atoms with Crippen molar-refractivity contribution in [2.75, 3.05) is 6.61 Å². The van der Waals surface area contributed by atoms with Crippen LogP contribution in [0.25, 0.3) is 0 Å². The van der Waals surface area contributed by atoms with Gasteiger partial charge in [-0.1, -0.05) is 0 Å². The van der Waals surface area contributed by atoms with Crippen LogP contribution in [0.5, 0.6) is 0 Å². The van der Waals surface area contributed by atoms with Gasteiger partial charge in [-0.3, -0.25) is 0 Å². The molecule has 0 aliphatic heterocycles. The molecule has 5 heteroatoms. The maximum absolute atomic E-state index is 8.76. The fraction of sp³-hybridized carbons (Fsp3) is 0.333. The topological polar surface area (TPSA) is 52.5 Å². The first kappa shape index (κ1) is 9.15. The van der Waals surface area contributed by atoms with Crippen molar-refractivity contribution in [2.24, 2.45) is 0 Å². The van der Waals surface area contributed by atoms with Gasteiger partial charge in [0, 0.05) is 4.88 Å². The summed E-state index contributed by atoms with van der Waals surface area (Å²) in [6.45, 7) is -0.108. The Bertz CT molecular complexity index is 224. The monoisotopic (exact) mass is 237 g/mol. The first-order valence-electron chi connectivity index (χ1n) is 3.03. The van der Waals surface area contributed by atoms with Gasteiger partial charge in [0.05, 0.1) is 16.4 Å². The van der Waals surface area contributed by atoms with Crippen LogP contribution in [-0.4, -0.2) is 16.9 Å². The predicted octanol–water partition coefficient (Wildman–Crippen LogP) is 1.52. The normalized spacial score (nSPS) is 13.4. The molecule has 1 heterocycles. The van der Waals surface area contributed by atoms with E-state index in [1.54, 1.807) is 0 Å². The quantitative estimate of drug-likeness (QED) is 0.700. The van der Waals surface area contributed by atoms with Gasteiger partial charge < -0.3 is 10.3 Å². The first-order valence-corrected chi connectivity index (χ1v) is 4.64. The van der Waals surface area contributed by atoms with E-state index in [2.05, 4.69) is 15.9 Å². The van der Waals surface area contributed by atoms with Gasteiger partial charge in [-0.15, -0.1) is 11.3 Å². The number of halogens is 1. The standard InChI is InChI=1S/C6H8BrNO2S/c7-6-2-1-5(11-6)4(3-9)8-10/h1-2,4,8-10H,3H2/t4-/m0/s1. The highest BCUT2D eigenvalue weighted by Crippen LogP contribution is 2.26. The molecule has 11 heavy (non-hydrogen) atoms. The molecule has 3 N–H and O–H groups in total. The van der Waals surface area contributed by atoms with Crippen molar-refractivity contribution < 1.29 is 10.3 Å². The molecule has 1 atom stereocenters. The maximum atomic E-state index is 8.76. The molecule has 0 saturated carbocycles. The Kier molecular flexibility index (Phi) is 3.47. The summed E-state index contributed by atoms with van der Waals surface area (Å²) in [5, 5.41) is 17.3. The van der Waals surface area contributed by atoms with E-state index < -0.39 is 0 Å². The third kappa shape index (κ3) is 2.25. The Morgan fingerprint density at radius 2 is 2.36 bits per heavy atom. The van der Waals surface area contributed by atoms with Gasteiger partial charge >= 0.3 is 0 Å². The molecular weight excluding hydrogens is 230 g/mol. The van der Waals surface area contributed by atoms with Gasteiger partial charge in [-0.2, -0.15) is 5.48 Å². The molecule has 0 aromatic carbocycles. The van der Waals surface area contributed by atoms with E-state index in [0.717, 1.165) is 8.66 Å². The van der Waals surface area contributed by atoms with E-state index in [9.17, 15) is 0 Å². The molecule has 62 valence electrons. The Morgan fingerprint density at radius 1 is 1.64 bits per heavy atom. The van der Waals surface area contributed by atoms with Crippen molar-refractivity contribution in [1.29, 1.82) is 0 Å². The third-order valence-electron chi connectivity index (χ3n) is 1.28. The largest absolute Gasteiger partial charge is 0.394 e. The van der Waals surface area contributed by atoms with E-state index in [4.69, 9.17) is 10.3 Å². The average Bonchev–Trinajstić information content (AvgIpc) is 2.39. The summed E-state index contributed by atoms with van der Waals surface area (Å²) in [5.41, 5.74) is 2.02. The van der Waals surface area contributed by atoms with Crippen LogP contribution in [0.2, 0.25) is 0 Å². The van der Waals surface area contributed by atoms with Crippen LogP contribution in [0.15, 0.2) is 15.9 Å². The summed E-state index contributed by atoms with van der Waals surface area (Å²) >= 11 is 4.77. The van der Waals surface area contributed by atoms with E-state index >= 15 is 0 Å². The minimum atomic E-state index is -0.369. The maximum Gasteiger partial charge on any atom is 0.0892 e. The second-order valence-electron chi connectivity index (χ2n) is 2.01. The smallest absolute Gasteiger partial charge is 0.0892 e. The molecule has 0 unspecified atom stereocenters. The zero-order valence-corrected chi connectivity index (χ0v) is 8.02. The number of nitrogens with one attached hydrogen (secondary N) is 1. The van der Waals surface area contributed by atoms with Gasteiger partial charge in [0.25, 0.3) is 0 Å². The Labute approximate surface area is 76.8 Å². The summed E-state index contributed by atoms with van der Waals surface area (Å²) in [5.74, 6) is 0. The molecule has 1 aromatic heterocycles. The Hall–Kier alpha value is 0.0600. The van der Waals surface area contributed by atoms with Crippen molar-refractivity contribution in [2.45, 2.75) is 6.04 Å². The fourth-order valence-electron chi connectivity index (χ4n) is 0.710. The summed E-state index contributed by atoms with van der Waals surface area (Å²) in [6.07, 6.45) is 0. The Morgan fingerprint density at radius 3 is 2.73 bits per heavy atom. The van der Waals surface area contributed by atoms with E-state index in [1.165, 1.54) is 11.3 Å². The van der Waals surface area contributed by atoms with E-state index in [1.807, 2.05) is 17.6 Å². The van der Waals surface area contributed by atoms with Gasteiger partial charge in [-0.25, -0.2) is 0 Å². The predicted molar refractivity (Wildman–Crippen MR) is 46.8 cm³/mol. The first-order chi connectivity index (χ1) is 5.27. The van der Waals surface area contributed by atoms with Crippen LogP contribution in [0, 0.1) is 0 Å². The van der Waals surface area contributed by atoms with Crippen molar-refractivity contribution in [1.82, 2.24) is 5.48 Å². The number of hydroxylamine groups is 1. The summed E-state index contributed by atoms with van der Waals surface area (Å²) in [7, 11) is 0. The molecule has 1 aromatic rings.